The highest BCUT2D eigenvalue weighted by atomic mass is 19.1. The van der Waals surface area contributed by atoms with Gasteiger partial charge in [0.05, 0.1) is 32.1 Å². The Kier molecular flexibility index (Phi) is 5.96. The molecule has 0 saturated heterocycles. The van der Waals surface area contributed by atoms with Crippen LogP contribution in [0.25, 0.3) is 11.1 Å². The van der Waals surface area contributed by atoms with Crippen LogP contribution < -0.4 is 4.74 Å². The van der Waals surface area contributed by atoms with E-state index in [9.17, 15) is 18.0 Å². The summed E-state index contributed by atoms with van der Waals surface area (Å²) < 4.78 is 51.4. The third-order valence-electron chi connectivity index (χ3n) is 5.17. The van der Waals surface area contributed by atoms with Gasteiger partial charge in [0.15, 0.2) is 0 Å². The molecule has 0 aromatic heterocycles. The second kappa shape index (κ2) is 8.25. The van der Waals surface area contributed by atoms with Crippen molar-refractivity contribution in [3.63, 3.8) is 0 Å². The van der Waals surface area contributed by atoms with Crippen LogP contribution in [0.3, 0.4) is 0 Å². The molecule has 6 heteroatoms. The fourth-order valence-corrected chi connectivity index (χ4v) is 3.56. The molecule has 1 fully saturated rings. The molecule has 0 amide bonds. The van der Waals surface area contributed by atoms with Gasteiger partial charge in [0.2, 0.25) is 0 Å². The van der Waals surface area contributed by atoms with Crippen LogP contribution in [0.1, 0.15) is 42.1 Å². The number of rotatable bonds is 8. The van der Waals surface area contributed by atoms with Gasteiger partial charge in [-0.1, -0.05) is 12.1 Å². The Labute approximate surface area is 162 Å². The number of esters is 1. The first-order valence-electron chi connectivity index (χ1n) is 9.35. The summed E-state index contributed by atoms with van der Waals surface area (Å²) in [7, 11) is 0. The van der Waals surface area contributed by atoms with Gasteiger partial charge >= 0.3 is 5.97 Å². The van der Waals surface area contributed by atoms with Crippen molar-refractivity contribution in [1.29, 1.82) is 0 Å². The van der Waals surface area contributed by atoms with Crippen molar-refractivity contribution in [2.45, 2.75) is 26.2 Å². The van der Waals surface area contributed by atoms with Gasteiger partial charge in [0.25, 0.3) is 0 Å². The van der Waals surface area contributed by atoms with Crippen LogP contribution in [0.15, 0.2) is 36.4 Å². The lowest BCUT2D eigenvalue weighted by molar-refractivity contribution is 0.0525. The summed E-state index contributed by atoms with van der Waals surface area (Å²) in [6, 6.07) is 9.01. The molecule has 1 aliphatic carbocycles. The third kappa shape index (κ3) is 3.73. The SMILES string of the molecule is CCOC(=O)c1cc(OCC)c(-c2ccc(F)cc2)c(C2CC2(CF)CF)c1. The van der Waals surface area contributed by atoms with Crippen LogP contribution in [0.4, 0.5) is 13.2 Å². The van der Waals surface area contributed by atoms with Gasteiger partial charge in [0.1, 0.15) is 11.6 Å². The first-order chi connectivity index (χ1) is 13.5. The van der Waals surface area contributed by atoms with Crippen molar-refractivity contribution >= 4 is 5.97 Å². The van der Waals surface area contributed by atoms with Crippen LogP contribution in [-0.4, -0.2) is 32.5 Å². The molecule has 0 radical (unpaired) electrons. The molecule has 0 heterocycles. The van der Waals surface area contributed by atoms with E-state index >= 15 is 0 Å². The minimum absolute atomic E-state index is 0.209. The van der Waals surface area contributed by atoms with Gasteiger partial charge in [-0.05, 0) is 61.6 Å². The van der Waals surface area contributed by atoms with Crippen molar-refractivity contribution in [2.75, 3.05) is 26.6 Å². The second-order valence-corrected chi connectivity index (χ2v) is 6.99. The smallest absolute Gasteiger partial charge is 0.338 e. The molecule has 28 heavy (non-hydrogen) atoms. The molecule has 1 saturated carbocycles. The van der Waals surface area contributed by atoms with E-state index < -0.39 is 30.7 Å². The van der Waals surface area contributed by atoms with Gasteiger partial charge in [-0.3, -0.25) is 8.78 Å². The highest BCUT2D eigenvalue weighted by Crippen LogP contribution is 2.62. The van der Waals surface area contributed by atoms with Gasteiger partial charge in [-0.25, -0.2) is 9.18 Å². The fraction of sp³-hybridized carbons (Fsp3) is 0.409. The monoisotopic (exact) mass is 392 g/mol. The number of carbonyl (C=O) groups excluding carboxylic acids is 1. The molecule has 0 aliphatic heterocycles. The van der Waals surface area contributed by atoms with Gasteiger partial charge in [-0.15, -0.1) is 0 Å². The average Bonchev–Trinajstić information content (AvgIpc) is 3.44. The molecule has 3 rings (SSSR count). The Morgan fingerprint density at radius 1 is 1.11 bits per heavy atom. The lowest BCUT2D eigenvalue weighted by atomic mass is 9.90. The number of ether oxygens (including phenoxy) is 2. The lowest BCUT2D eigenvalue weighted by Gasteiger charge is -2.19. The van der Waals surface area contributed by atoms with E-state index in [1.54, 1.807) is 38.1 Å². The van der Waals surface area contributed by atoms with Crippen molar-refractivity contribution in [2.24, 2.45) is 5.41 Å². The lowest BCUT2D eigenvalue weighted by Crippen LogP contribution is -2.11. The predicted octanol–water partition coefficient (Wildman–Crippen LogP) is 5.48. The first kappa shape index (κ1) is 20.2. The Balaban J connectivity index is 2.20. The highest BCUT2D eigenvalue weighted by Gasteiger charge is 2.56. The topological polar surface area (TPSA) is 35.5 Å². The normalized spacial score (nSPS) is 17.2. The maximum atomic E-state index is 13.6. The minimum atomic E-state index is -1.08. The fourth-order valence-electron chi connectivity index (χ4n) is 3.56. The summed E-state index contributed by atoms with van der Waals surface area (Å²) in [5.74, 6) is -0.897. The van der Waals surface area contributed by atoms with E-state index in [4.69, 9.17) is 9.47 Å². The predicted molar refractivity (Wildman–Crippen MR) is 101 cm³/mol. The minimum Gasteiger partial charge on any atom is -0.493 e. The van der Waals surface area contributed by atoms with E-state index in [0.29, 0.717) is 35.5 Å². The van der Waals surface area contributed by atoms with E-state index in [1.165, 1.54) is 12.1 Å². The summed E-state index contributed by atoms with van der Waals surface area (Å²) in [4.78, 5) is 12.3. The molecule has 1 aliphatic rings. The maximum absolute atomic E-state index is 13.6. The van der Waals surface area contributed by atoms with Crippen LogP contribution in [0, 0.1) is 11.2 Å². The Hall–Kier alpha value is -2.50. The van der Waals surface area contributed by atoms with Gasteiger partial charge < -0.3 is 9.47 Å². The molecule has 2 aromatic rings. The van der Waals surface area contributed by atoms with E-state index in [-0.39, 0.29) is 18.0 Å². The van der Waals surface area contributed by atoms with Crippen LogP contribution in [-0.2, 0) is 4.74 Å². The molecule has 1 unspecified atom stereocenters. The number of hydrogen-bond acceptors (Lipinski definition) is 3. The van der Waals surface area contributed by atoms with Crippen LogP contribution in [0.5, 0.6) is 5.75 Å². The average molecular weight is 392 g/mol. The molecule has 2 aromatic carbocycles. The van der Waals surface area contributed by atoms with Crippen molar-refractivity contribution in [3.8, 4) is 16.9 Å². The molecular formula is C22H23F3O3. The maximum Gasteiger partial charge on any atom is 0.338 e. The number of hydrogen-bond donors (Lipinski definition) is 0. The molecule has 0 spiro atoms. The molecule has 1 atom stereocenters. The second-order valence-electron chi connectivity index (χ2n) is 6.99. The van der Waals surface area contributed by atoms with E-state index in [1.807, 2.05) is 0 Å². The summed E-state index contributed by atoms with van der Waals surface area (Å²) in [5, 5.41) is 0. The Bertz CT molecular complexity index is 845. The van der Waals surface area contributed by atoms with Crippen LogP contribution in [0.2, 0.25) is 0 Å². The zero-order valence-corrected chi connectivity index (χ0v) is 15.9. The molecular weight excluding hydrogens is 369 g/mol. The third-order valence-corrected chi connectivity index (χ3v) is 5.17. The quantitative estimate of drug-likeness (QED) is 0.558. The number of carbonyl (C=O) groups is 1. The first-order valence-corrected chi connectivity index (χ1v) is 9.35. The van der Waals surface area contributed by atoms with Crippen LogP contribution >= 0.6 is 0 Å². The van der Waals surface area contributed by atoms with Crippen molar-refractivity contribution in [1.82, 2.24) is 0 Å². The van der Waals surface area contributed by atoms with E-state index in [2.05, 4.69) is 0 Å². The van der Waals surface area contributed by atoms with E-state index in [0.717, 1.165) is 0 Å². The zero-order valence-electron chi connectivity index (χ0n) is 15.9. The van der Waals surface area contributed by atoms with Crippen molar-refractivity contribution < 1.29 is 27.4 Å². The largest absolute Gasteiger partial charge is 0.493 e. The van der Waals surface area contributed by atoms with Gasteiger partial charge in [-0.2, -0.15) is 0 Å². The number of alkyl halides is 2. The number of benzene rings is 2. The van der Waals surface area contributed by atoms with Crippen molar-refractivity contribution in [3.05, 3.63) is 53.3 Å². The summed E-state index contributed by atoms with van der Waals surface area (Å²) in [6.45, 7) is 2.47. The number of halogens is 3. The molecule has 0 N–H and O–H groups in total. The summed E-state index contributed by atoms with van der Waals surface area (Å²) in [6.07, 6.45) is 0.339. The van der Waals surface area contributed by atoms with Gasteiger partial charge in [0, 0.05) is 11.0 Å². The standard InChI is InChI=1S/C22H23F3O3/c1-3-27-19-10-15(21(26)28-4-2)9-17(18-11-22(18,12-23)13-24)20(19)14-5-7-16(25)8-6-14/h5-10,18H,3-4,11-13H2,1-2H3. The molecule has 0 bridgehead atoms. The summed E-state index contributed by atoms with van der Waals surface area (Å²) in [5.41, 5.74) is 1.10. The Morgan fingerprint density at radius 3 is 2.32 bits per heavy atom. The Morgan fingerprint density at radius 2 is 1.79 bits per heavy atom. The summed E-state index contributed by atoms with van der Waals surface area (Å²) >= 11 is 0. The zero-order chi connectivity index (χ0) is 20.3. The highest BCUT2D eigenvalue weighted by molar-refractivity contribution is 5.92. The molecule has 3 nitrogen and oxygen atoms in total. The molecule has 150 valence electrons.